The van der Waals surface area contributed by atoms with Crippen molar-refractivity contribution in [3.63, 3.8) is 0 Å². The summed E-state index contributed by atoms with van der Waals surface area (Å²) in [4.78, 5) is 15.1. The van der Waals surface area contributed by atoms with Crippen LogP contribution >= 0.6 is 0 Å². The van der Waals surface area contributed by atoms with Gasteiger partial charge in [-0.15, -0.1) is 0 Å². The number of carbonyl (C=O) groups is 1. The number of hydrogen-bond acceptors (Lipinski definition) is 3. The summed E-state index contributed by atoms with van der Waals surface area (Å²) in [5.74, 6) is 0.0115. The molecule has 0 radical (unpaired) electrons. The normalized spacial score (nSPS) is 34.7. The second-order valence-corrected chi connectivity index (χ2v) is 2.61. The van der Waals surface area contributed by atoms with E-state index in [9.17, 15) is 4.79 Å². The third-order valence-corrected chi connectivity index (χ3v) is 1.92. The van der Waals surface area contributed by atoms with Crippen LogP contribution in [-0.2, 0) is 4.79 Å². The first kappa shape index (κ1) is 6.54. The lowest BCUT2D eigenvalue weighted by atomic mass is 9.97. The van der Waals surface area contributed by atoms with E-state index in [0.717, 1.165) is 0 Å². The summed E-state index contributed by atoms with van der Waals surface area (Å²) in [6.07, 6.45) is 5.24. The SMILES string of the molecule is O=C1NCNC2C=NC=CC12. The molecule has 2 unspecified atom stereocenters. The highest BCUT2D eigenvalue weighted by Crippen LogP contribution is 2.11. The van der Waals surface area contributed by atoms with Crippen molar-refractivity contribution < 1.29 is 4.79 Å². The van der Waals surface area contributed by atoms with E-state index in [2.05, 4.69) is 15.6 Å². The molecule has 0 bridgehead atoms. The number of hydrogen-bond donors (Lipinski definition) is 2. The molecule has 2 heterocycles. The minimum Gasteiger partial charge on any atom is -0.343 e. The summed E-state index contributed by atoms with van der Waals surface area (Å²) < 4.78 is 0. The van der Waals surface area contributed by atoms with Crippen LogP contribution in [-0.4, -0.2) is 24.8 Å². The lowest BCUT2D eigenvalue weighted by molar-refractivity contribution is -0.125. The number of aliphatic imine (C=N–C) groups is 1. The van der Waals surface area contributed by atoms with Crippen molar-refractivity contribution in [2.45, 2.75) is 6.04 Å². The van der Waals surface area contributed by atoms with Gasteiger partial charge >= 0.3 is 0 Å². The molecule has 0 aromatic rings. The molecule has 2 N–H and O–H groups in total. The maximum Gasteiger partial charge on any atom is 0.229 e. The molecule has 0 aromatic carbocycles. The van der Waals surface area contributed by atoms with Gasteiger partial charge in [0.05, 0.1) is 18.6 Å². The van der Waals surface area contributed by atoms with Crippen molar-refractivity contribution >= 4 is 12.1 Å². The molecular formula is C7H9N3O. The number of nitrogens with zero attached hydrogens (tertiary/aromatic N) is 1. The van der Waals surface area contributed by atoms with Gasteiger partial charge < -0.3 is 5.32 Å². The van der Waals surface area contributed by atoms with E-state index in [0.29, 0.717) is 6.67 Å². The number of rotatable bonds is 0. The topological polar surface area (TPSA) is 53.5 Å². The van der Waals surface area contributed by atoms with Crippen molar-refractivity contribution in [1.29, 1.82) is 0 Å². The number of fused-ring (bicyclic) bond motifs is 1. The van der Waals surface area contributed by atoms with Gasteiger partial charge in [-0.3, -0.25) is 15.1 Å². The van der Waals surface area contributed by atoms with Crippen molar-refractivity contribution in [3.8, 4) is 0 Å². The van der Waals surface area contributed by atoms with Crippen LogP contribution < -0.4 is 10.6 Å². The maximum absolute atomic E-state index is 11.2. The van der Waals surface area contributed by atoms with Gasteiger partial charge in [-0.25, -0.2) is 0 Å². The minimum absolute atomic E-state index is 0.0683. The molecular weight excluding hydrogens is 142 g/mol. The fourth-order valence-corrected chi connectivity index (χ4v) is 1.30. The largest absolute Gasteiger partial charge is 0.343 e. The summed E-state index contributed by atoms with van der Waals surface area (Å²) in [6.45, 7) is 0.542. The molecule has 4 heteroatoms. The minimum atomic E-state index is -0.0683. The monoisotopic (exact) mass is 151 g/mol. The van der Waals surface area contributed by atoms with Crippen molar-refractivity contribution in [3.05, 3.63) is 12.3 Å². The van der Waals surface area contributed by atoms with E-state index in [-0.39, 0.29) is 17.9 Å². The summed E-state index contributed by atoms with van der Waals surface area (Å²) >= 11 is 0. The van der Waals surface area contributed by atoms with E-state index < -0.39 is 0 Å². The molecule has 2 aliphatic heterocycles. The highest BCUT2D eigenvalue weighted by atomic mass is 16.2. The summed E-state index contributed by atoms with van der Waals surface area (Å²) in [7, 11) is 0. The smallest absolute Gasteiger partial charge is 0.229 e. The fraction of sp³-hybridized carbons (Fsp3) is 0.429. The second-order valence-electron chi connectivity index (χ2n) is 2.61. The zero-order valence-electron chi connectivity index (χ0n) is 5.95. The van der Waals surface area contributed by atoms with Crippen LogP contribution in [0.25, 0.3) is 0 Å². The lowest BCUT2D eigenvalue weighted by Gasteiger charge is -2.28. The standard InChI is InChI=1S/C7H9N3O/c11-7-5-1-2-8-3-6(5)9-4-10-7/h1-3,5-6,9H,4H2,(H,10,11). The highest BCUT2D eigenvalue weighted by Gasteiger charge is 2.29. The highest BCUT2D eigenvalue weighted by molar-refractivity contribution is 5.87. The van der Waals surface area contributed by atoms with Crippen LogP contribution in [0.2, 0.25) is 0 Å². The van der Waals surface area contributed by atoms with E-state index in [4.69, 9.17) is 0 Å². The third-order valence-electron chi connectivity index (χ3n) is 1.92. The van der Waals surface area contributed by atoms with Crippen LogP contribution in [0.5, 0.6) is 0 Å². The molecule has 0 saturated carbocycles. The summed E-state index contributed by atoms with van der Waals surface area (Å²) in [5, 5.41) is 5.84. The lowest BCUT2D eigenvalue weighted by Crippen LogP contribution is -2.55. The molecule has 2 rings (SSSR count). The third kappa shape index (κ3) is 1.05. The Hall–Kier alpha value is -1.16. The van der Waals surface area contributed by atoms with Gasteiger partial charge in [-0.2, -0.15) is 0 Å². The first-order chi connectivity index (χ1) is 5.38. The Balaban J connectivity index is 2.20. The first-order valence-corrected chi connectivity index (χ1v) is 3.59. The molecule has 2 atom stereocenters. The van der Waals surface area contributed by atoms with Gasteiger partial charge in [-0.05, 0) is 0 Å². The molecule has 1 fully saturated rings. The Morgan fingerprint density at radius 2 is 2.55 bits per heavy atom. The number of amides is 1. The predicted octanol–water partition coefficient (Wildman–Crippen LogP) is -0.754. The Morgan fingerprint density at radius 1 is 1.64 bits per heavy atom. The van der Waals surface area contributed by atoms with Crippen LogP contribution in [0, 0.1) is 5.92 Å². The van der Waals surface area contributed by atoms with Gasteiger partial charge in [0.1, 0.15) is 0 Å². The van der Waals surface area contributed by atoms with Gasteiger partial charge in [0.2, 0.25) is 5.91 Å². The van der Waals surface area contributed by atoms with Crippen LogP contribution in [0.4, 0.5) is 0 Å². The molecule has 1 amide bonds. The Morgan fingerprint density at radius 3 is 3.36 bits per heavy atom. The van der Waals surface area contributed by atoms with Gasteiger partial charge in [0.15, 0.2) is 0 Å². The molecule has 58 valence electrons. The van der Waals surface area contributed by atoms with Crippen LogP contribution in [0.1, 0.15) is 0 Å². The summed E-state index contributed by atoms with van der Waals surface area (Å²) in [5.41, 5.74) is 0. The van der Waals surface area contributed by atoms with Crippen molar-refractivity contribution in [2.75, 3.05) is 6.67 Å². The van der Waals surface area contributed by atoms with E-state index in [1.165, 1.54) is 0 Å². The average molecular weight is 151 g/mol. The first-order valence-electron chi connectivity index (χ1n) is 3.59. The molecule has 0 aromatic heterocycles. The fourth-order valence-electron chi connectivity index (χ4n) is 1.30. The Kier molecular flexibility index (Phi) is 1.47. The Labute approximate surface area is 64.4 Å². The van der Waals surface area contributed by atoms with Gasteiger partial charge in [0.25, 0.3) is 0 Å². The van der Waals surface area contributed by atoms with Crippen LogP contribution in [0.3, 0.4) is 0 Å². The van der Waals surface area contributed by atoms with Crippen molar-refractivity contribution in [2.24, 2.45) is 10.9 Å². The van der Waals surface area contributed by atoms with Gasteiger partial charge in [0, 0.05) is 12.4 Å². The van der Waals surface area contributed by atoms with Crippen LogP contribution in [0.15, 0.2) is 17.3 Å². The number of nitrogens with one attached hydrogen (secondary N) is 2. The molecule has 0 aliphatic carbocycles. The molecule has 0 spiro atoms. The molecule has 1 saturated heterocycles. The zero-order chi connectivity index (χ0) is 7.68. The van der Waals surface area contributed by atoms with E-state index >= 15 is 0 Å². The van der Waals surface area contributed by atoms with E-state index in [1.54, 1.807) is 12.4 Å². The Bertz CT molecular complexity index is 234. The van der Waals surface area contributed by atoms with E-state index in [1.807, 2.05) is 6.08 Å². The van der Waals surface area contributed by atoms with Crippen molar-refractivity contribution in [1.82, 2.24) is 10.6 Å². The van der Waals surface area contributed by atoms with Gasteiger partial charge in [-0.1, -0.05) is 6.08 Å². The summed E-state index contributed by atoms with van der Waals surface area (Å²) in [6, 6.07) is 0.0914. The molecule has 2 aliphatic rings. The molecule has 4 nitrogen and oxygen atoms in total. The molecule has 11 heavy (non-hydrogen) atoms. The quantitative estimate of drug-likeness (QED) is 0.478. The zero-order valence-corrected chi connectivity index (χ0v) is 5.95. The predicted molar refractivity (Wildman–Crippen MR) is 41.1 cm³/mol. The maximum atomic E-state index is 11.2. The number of carbonyl (C=O) groups excluding carboxylic acids is 1. The average Bonchev–Trinajstić information content (AvgIpc) is 2.06. The second kappa shape index (κ2) is 2.47.